The second kappa shape index (κ2) is 7.80. The lowest BCUT2D eigenvalue weighted by Crippen LogP contribution is -1.70. The van der Waals surface area contributed by atoms with Gasteiger partial charge in [0.25, 0.3) is 0 Å². The standard InChI is InChI=1S/C7H7Br.C3H8/c8-6-7-4-2-1-3-5-7;1-3-2/h1-5H,6H2;3H2,1-2H3. The molecule has 1 aromatic rings. The van der Waals surface area contributed by atoms with Gasteiger partial charge in [0.1, 0.15) is 0 Å². The van der Waals surface area contributed by atoms with Gasteiger partial charge in [0.2, 0.25) is 0 Å². The zero-order valence-corrected chi connectivity index (χ0v) is 8.76. The van der Waals surface area contributed by atoms with Crippen LogP contribution in [0.4, 0.5) is 0 Å². The number of alkyl halides is 1. The van der Waals surface area contributed by atoms with Gasteiger partial charge in [0.05, 0.1) is 0 Å². The first-order valence-corrected chi connectivity index (χ1v) is 5.07. The summed E-state index contributed by atoms with van der Waals surface area (Å²) >= 11 is 3.36. The summed E-state index contributed by atoms with van der Waals surface area (Å²) in [5, 5.41) is 0.952. The molecule has 0 N–H and O–H groups in total. The predicted molar refractivity (Wildman–Crippen MR) is 55.0 cm³/mol. The highest BCUT2D eigenvalue weighted by atomic mass is 79.9. The number of rotatable bonds is 1. The van der Waals surface area contributed by atoms with Gasteiger partial charge in [-0.05, 0) is 5.56 Å². The van der Waals surface area contributed by atoms with Crippen LogP contribution in [0, 0.1) is 0 Å². The molecule has 0 aliphatic rings. The molecule has 1 rings (SSSR count). The van der Waals surface area contributed by atoms with Gasteiger partial charge in [-0.1, -0.05) is 66.5 Å². The van der Waals surface area contributed by atoms with E-state index in [-0.39, 0.29) is 0 Å². The van der Waals surface area contributed by atoms with Crippen molar-refractivity contribution in [2.24, 2.45) is 0 Å². The first-order valence-electron chi connectivity index (χ1n) is 3.95. The van der Waals surface area contributed by atoms with Crippen LogP contribution in [0.1, 0.15) is 25.8 Å². The van der Waals surface area contributed by atoms with Crippen LogP contribution >= 0.6 is 15.9 Å². The van der Waals surface area contributed by atoms with E-state index in [0.29, 0.717) is 0 Å². The summed E-state index contributed by atoms with van der Waals surface area (Å²) in [5.41, 5.74) is 1.33. The second-order valence-corrected chi connectivity index (χ2v) is 2.89. The molecule has 0 aliphatic carbocycles. The van der Waals surface area contributed by atoms with Crippen LogP contribution in [-0.4, -0.2) is 0 Å². The molecule has 0 radical (unpaired) electrons. The van der Waals surface area contributed by atoms with E-state index in [1.165, 1.54) is 12.0 Å². The third kappa shape index (κ3) is 6.11. The van der Waals surface area contributed by atoms with Crippen molar-refractivity contribution in [3.8, 4) is 0 Å². The van der Waals surface area contributed by atoms with Crippen molar-refractivity contribution in [2.45, 2.75) is 25.6 Å². The molecule has 0 aromatic heterocycles. The topological polar surface area (TPSA) is 0 Å². The third-order valence-electron chi connectivity index (χ3n) is 0.997. The van der Waals surface area contributed by atoms with Crippen LogP contribution in [0.15, 0.2) is 30.3 Å². The van der Waals surface area contributed by atoms with E-state index < -0.39 is 0 Å². The monoisotopic (exact) mass is 214 g/mol. The molecule has 0 saturated heterocycles. The van der Waals surface area contributed by atoms with Crippen molar-refractivity contribution in [1.29, 1.82) is 0 Å². The van der Waals surface area contributed by atoms with E-state index in [0.717, 1.165) is 5.33 Å². The predicted octanol–water partition coefficient (Wildman–Crippen LogP) is 4.00. The van der Waals surface area contributed by atoms with Gasteiger partial charge < -0.3 is 0 Å². The second-order valence-electron chi connectivity index (χ2n) is 2.33. The molecule has 0 atom stereocenters. The smallest absolute Gasteiger partial charge is 0.0283 e. The SMILES string of the molecule is BrCc1ccccc1.CCC. The van der Waals surface area contributed by atoms with E-state index >= 15 is 0 Å². The van der Waals surface area contributed by atoms with Gasteiger partial charge in [0.15, 0.2) is 0 Å². The normalized spacial score (nSPS) is 8.27. The Bertz CT molecular complexity index is 158. The Morgan fingerprint density at radius 3 is 1.82 bits per heavy atom. The van der Waals surface area contributed by atoms with E-state index in [1.807, 2.05) is 18.2 Å². The Hall–Kier alpha value is -0.300. The molecule has 0 fully saturated rings. The van der Waals surface area contributed by atoms with Crippen molar-refractivity contribution in [3.63, 3.8) is 0 Å². The Balaban J connectivity index is 0.000000292. The molecular formula is C10H15Br. The summed E-state index contributed by atoms with van der Waals surface area (Å²) in [4.78, 5) is 0. The van der Waals surface area contributed by atoms with Gasteiger partial charge in [-0.2, -0.15) is 0 Å². The maximum Gasteiger partial charge on any atom is 0.0283 e. The highest BCUT2D eigenvalue weighted by Crippen LogP contribution is 2.02. The number of halogens is 1. The molecule has 0 aliphatic heterocycles. The summed E-state index contributed by atoms with van der Waals surface area (Å²) in [6.45, 7) is 4.25. The van der Waals surface area contributed by atoms with Crippen LogP contribution in [-0.2, 0) is 5.33 Å². The highest BCUT2D eigenvalue weighted by molar-refractivity contribution is 9.08. The minimum absolute atomic E-state index is 0.952. The van der Waals surface area contributed by atoms with Gasteiger partial charge >= 0.3 is 0 Å². The molecule has 0 heterocycles. The van der Waals surface area contributed by atoms with Crippen LogP contribution in [0.2, 0.25) is 0 Å². The van der Waals surface area contributed by atoms with Crippen LogP contribution in [0.5, 0.6) is 0 Å². The number of hydrogen-bond donors (Lipinski definition) is 0. The van der Waals surface area contributed by atoms with Gasteiger partial charge in [0, 0.05) is 5.33 Å². The maximum absolute atomic E-state index is 3.36. The molecule has 0 unspecified atom stereocenters. The molecular weight excluding hydrogens is 200 g/mol. The van der Waals surface area contributed by atoms with Gasteiger partial charge in [-0.25, -0.2) is 0 Å². The van der Waals surface area contributed by atoms with Crippen LogP contribution in [0.3, 0.4) is 0 Å². The number of benzene rings is 1. The summed E-state index contributed by atoms with van der Waals surface area (Å²) in [7, 11) is 0. The third-order valence-corrected chi connectivity index (χ3v) is 1.64. The lowest BCUT2D eigenvalue weighted by Gasteiger charge is -1.88. The summed E-state index contributed by atoms with van der Waals surface area (Å²) in [6, 6.07) is 10.3. The van der Waals surface area contributed by atoms with Gasteiger partial charge in [-0.3, -0.25) is 0 Å². The van der Waals surface area contributed by atoms with Crippen molar-refractivity contribution in [3.05, 3.63) is 35.9 Å². The Morgan fingerprint density at radius 2 is 1.55 bits per heavy atom. The van der Waals surface area contributed by atoms with Crippen LogP contribution < -0.4 is 0 Å². The lowest BCUT2D eigenvalue weighted by molar-refractivity contribution is 1.09. The molecule has 0 spiro atoms. The maximum atomic E-state index is 3.36. The van der Waals surface area contributed by atoms with Crippen LogP contribution in [0.25, 0.3) is 0 Å². The molecule has 62 valence electrons. The Kier molecular flexibility index (Phi) is 7.59. The molecule has 1 heteroatoms. The van der Waals surface area contributed by atoms with Crippen molar-refractivity contribution < 1.29 is 0 Å². The fourth-order valence-corrected chi connectivity index (χ4v) is 0.941. The highest BCUT2D eigenvalue weighted by Gasteiger charge is 1.81. The molecule has 0 bridgehead atoms. The summed E-state index contributed by atoms with van der Waals surface area (Å²) in [6.07, 6.45) is 1.25. The van der Waals surface area contributed by atoms with E-state index in [4.69, 9.17) is 0 Å². The molecule has 11 heavy (non-hydrogen) atoms. The fourth-order valence-electron chi connectivity index (χ4n) is 0.567. The molecule has 1 aromatic carbocycles. The van der Waals surface area contributed by atoms with Gasteiger partial charge in [-0.15, -0.1) is 0 Å². The average Bonchev–Trinajstić information content (AvgIpc) is 2.08. The fraction of sp³-hybridized carbons (Fsp3) is 0.400. The zero-order chi connectivity index (χ0) is 8.53. The van der Waals surface area contributed by atoms with Crippen molar-refractivity contribution in [2.75, 3.05) is 0 Å². The minimum Gasteiger partial charge on any atom is -0.0876 e. The Labute approximate surface area is 77.8 Å². The zero-order valence-electron chi connectivity index (χ0n) is 7.18. The lowest BCUT2D eigenvalue weighted by atomic mass is 10.2. The first-order chi connectivity index (χ1) is 5.35. The molecule has 0 saturated carbocycles. The molecule has 0 nitrogen and oxygen atoms in total. The minimum atomic E-state index is 0.952. The van der Waals surface area contributed by atoms with Crippen molar-refractivity contribution in [1.82, 2.24) is 0 Å². The summed E-state index contributed by atoms with van der Waals surface area (Å²) < 4.78 is 0. The molecule has 0 amide bonds. The first kappa shape index (κ1) is 10.7. The van der Waals surface area contributed by atoms with E-state index in [1.54, 1.807) is 0 Å². The Morgan fingerprint density at radius 1 is 1.09 bits per heavy atom. The van der Waals surface area contributed by atoms with E-state index in [2.05, 4.69) is 41.9 Å². The van der Waals surface area contributed by atoms with E-state index in [9.17, 15) is 0 Å². The largest absolute Gasteiger partial charge is 0.0876 e. The van der Waals surface area contributed by atoms with Crippen molar-refractivity contribution >= 4 is 15.9 Å². The average molecular weight is 215 g/mol. The summed E-state index contributed by atoms with van der Waals surface area (Å²) in [5.74, 6) is 0. The number of hydrogen-bond acceptors (Lipinski definition) is 0. The quantitative estimate of drug-likeness (QED) is 0.621.